The van der Waals surface area contributed by atoms with Crippen LogP contribution < -0.4 is 14.2 Å². The molecule has 0 aliphatic rings. The molecule has 1 aromatic carbocycles. The summed E-state index contributed by atoms with van der Waals surface area (Å²) in [6.45, 7) is 4.24. The van der Waals surface area contributed by atoms with Crippen molar-refractivity contribution in [2.75, 3.05) is 28.1 Å². The van der Waals surface area contributed by atoms with Gasteiger partial charge in [0, 0.05) is 7.11 Å². The second-order valence-electron chi connectivity index (χ2n) is 5.49. The van der Waals surface area contributed by atoms with Crippen LogP contribution >= 0.6 is 0 Å². The van der Waals surface area contributed by atoms with Crippen molar-refractivity contribution in [3.8, 4) is 17.2 Å². The van der Waals surface area contributed by atoms with Crippen molar-refractivity contribution in [3.05, 3.63) is 29.3 Å². The van der Waals surface area contributed by atoms with Gasteiger partial charge < -0.3 is 24.1 Å². The predicted octanol–water partition coefficient (Wildman–Crippen LogP) is 3.86. The lowest BCUT2D eigenvalue weighted by Crippen LogP contribution is -2.08. The molecule has 23 heavy (non-hydrogen) atoms. The van der Waals surface area contributed by atoms with E-state index in [9.17, 15) is 5.11 Å². The molecule has 1 atom stereocenters. The minimum Gasteiger partial charge on any atom is -0.493 e. The molecular formula is C18H28O5. The molecule has 130 valence electrons. The van der Waals surface area contributed by atoms with Crippen molar-refractivity contribution >= 4 is 0 Å². The Balaban J connectivity index is 3.00. The third-order valence-corrected chi connectivity index (χ3v) is 3.44. The Labute approximate surface area is 138 Å². The fraction of sp³-hybridized carbons (Fsp3) is 0.556. The van der Waals surface area contributed by atoms with Crippen molar-refractivity contribution < 1.29 is 24.1 Å². The monoisotopic (exact) mass is 324 g/mol. The average Bonchev–Trinajstić information content (AvgIpc) is 2.55. The lowest BCUT2D eigenvalue weighted by atomic mass is 10.0. The maximum Gasteiger partial charge on any atom is 0.188 e. The first-order chi connectivity index (χ1) is 11.0. The molecule has 5 nitrogen and oxygen atoms in total. The highest BCUT2D eigenvalue weighted by Crippen LogP contribution is 2.42. The predicted molar refractivity (Wildman–Crippen MR) is 90.3 cm³/mol. The topological polar surface area (TPSA) is 57.2 Å². The number of hydrogen-bond acceptors (Lipinski definition) is 5. The van der Waals surface area contributed by atoms with Crippen LogP contribution in [-0.4, -0.2) is 33.2 Å². The van der Waals surface area contributed by atoms with E-state index in [1.807, 2.05) is 0 Å². The Morgan fingerprint density at radius 3 is 2.39 bits per heavy atom. The van der Waals surface area contributed by atoms with Crippen molar-refractivity contribution in [1.82, 2.24) is 0 Å². The zero-order valence-electron chi connectivity index (χ0n) is 14.7. The first-order valence-corrected chi connectivity index (χ1v) is 7.73. The summed E-state index contributed by atoms with van der Waals surface area (Å²) >= 11 is 0. The van der Waals surface area contributed by atoms with E-state index in [-0.39, 0.29) is 6.79 Å². The molecule has 0 aliphatic heterocycles. The van der Waals surface area contributed by atoms with Crippen LogP contribution in [0.15, 0.2) is 23.8 Å². The Morgan fingerprint density at radius 2 is 1.83 bits per heavy atom. The molecule has 0 amide bonds. The van der Waals surface area contributed by atoms with E-state index >= 15 is 0 Å². The maximum atomic E-state index is 10.6. The van der Waals surface area contributed by atoms with Crippen LogP contribution in [0.1, 0.15) is 44.8 Å². The summed E-state index contributed by atoms with van der Waals surface area (Å²) < 4.78 is 21.3. The average molecular weight is 324 g/mol. The number of ether oxygens (including phenoxy) is 4. The van der Waals surface area contributed by atoms with Gasteiger partial charge in [0.05, 0.1) is 25.9 Å². The number of unbranched alkanes of at least 4 members (excludes halogenated alkanes) is 1. The van der Waals surface area contributed by atoms with Gasteiger partial charge in [-0.2, -0.15) is 0 Å². The first kappa shape index (κ1) is 19.3. The quantitative estimate of drug-likeness (QED) is 0.402. The van der Waals surface area contributed by atoms with E-state index in [0.717, 1.165) is 12.8 Å². The molecule has 0 aromatic heterocycles. The smallest absolute Gasteiger partial charge is 0.188 e. The summed E-state index contributed by atoms with van der Waals surface area (Å²) in [5.41, 5.74) is 1.88. The van der Waals surface area contributed by atoms with Crippen LogP contribution in [0.3, 0.4) is 0 Å². The van der Waals surface area contributed by atoms with E-state index < -0.39 is 6.10 Å². The SMILES string of the molecule is COCOc1ccc(OC)c(OC)c1C(O)CCCC=C(C)C. The molecule has 0 bridgehead atoms. The molecule has 0 aliphatic carbocycles. The number of methoxy groups -OCH3 is 3. The number of aliphatic hydroxyl groups excluding tert-OH is 1. The number of aliphatic hydroxyl groups is 1. The zero-order chi connectivity index (χ0) is 17.2. The van der Waals surface area contributed by atoms with Crippen LogP contribution in [-0.2, 0) is 4.74 Å². The summed E-state index contributed by atoms with van der Waals surface area (Å²) in [4.78, 5) is 0. The molecule has 0 saturated carbocycles. The first-order valence-electron chi connectivity index (χ1n) is 7.73. The lowest BCUT2D eigenvalue weighted by molar-refractivity contribution is 0.0471. The highest BCUT2D eigenvalue weighted by Gasteiger charge is 2.22. The summed E-state index contributed by atoms with van der Waals surface area (Å²) in [5.74, 6) is 1.60. The van der Waals surface area contributed by atoms with Crippen molar-refractivity contribution in [2.24, 2.45) is 0 Å². The van der Waals surface area contributed by atoms with Crippen LogP contribution in [0.25, 0.3) is 0 Å². The largest absolute Gasteiger partial charge is 0.493 e. The molecule has 0 heterocycles. The molecule has 0 saturated heterocycles. The number of rotatable bonds is 10. The number of benzene rings is 1. The van der Waals surface area contributed by atoms with E-state index in [4.69, 9.17) is 18.9 Å². The zero-order valence-corrected chi connectivity index (χ0v) is 14.7. The molecule has 1 rings (SSSR count). The van der Waals surface area contributed by atoms with E-state index in [1.54, 1.807) is 33.5 Å². The highest BCUT2D eigenvalue weighted by atomic mass is 16.7. The third-order valence-electron chi connectivity index (χ3n) is 3.44. The molecule has 0 radical (unpaired) electrons. The standard InChI is InChI=1S/C18H28O5/c1-13(2)8-6-7-9-14(19)17-15(23-12-20-3)10-11-16(21-4)18(17)22-5/h8,10-11,14,19H,6-7,9,12H2,1-5H3. The second kappa shape index (κ2) is 10.1. The molecule has 0 spiro atoms. The van der Waals surface area contributed by atoms with Crippen molar-refractivity contribution in [1.29, 1.82) is 0 Å². The Morgan fingerprint density at radius 1 is 1.13 bits per heavy atom. The normalized spacial score (nSPS) is 11.7. The molecule has 0 fully saturated rings. The van der Waals surface area contributed by atoms with Gasteiger partial charge in [-0.25, -0.2) is 0 Å². The van der Waals surface area contributed by atoms with Gasteiger partial charge in [0.1, 0.15) is 5.75 Å². The van der Waals surface area contributed by atoms with E-state index in [0.29, 0.717) is 29.2 Å². The molecule has 1 N–H and O–H groups in total. The van der Waals surface area contributed by atoms with Crippen LogP contribution in [0.4, 0.5) is 0 Å². The minimum absolute atomic E-state index is 0.104. The fourth-order valence-electron chi connectivity index (χ4n) is 2.34. The highest BCUT2D eigenvalue weighted by molar-refractivity contribution is 5.55. The third kappa shape index (κ3) is 5.77. The van der Waals surface area contributed by atoms with E-state index in [1.165, 1.54) is 5.57 Å². The van der Waals surface area contributed by atoms with Gasteiger partial charge in [-0.3, -0.25) is 0 Å². The van der Waals surface area contributed by atoms with Crippen LogP contribution in [0.2, 0.25) is 0 Å². The lowest BCUT2D eigenvalue weighted by Gasteiger charge is -2.20. The van der Waals surface area contributed by atoms with Gasteiger partial charge in [0.15, 0.2) is 18.3 Å². The Hall–Kier alpha value is -1.72. The Bertz CT molecular complexity index is 506. The van der Waals surface area contributed by atoms with Gasteiger partial charge in [0.2, 0.25) is 0 Å². The molecule has 1 aromatic rings. The molecule has 5 heteroatoms. The van der Waals surface area contributed by atoms with Crippen molar-refractivity contribution in [3.63, 3.8) is 0 Å². The van der Waals surface area contributed by atoms with Gasteiger partial charge in [-0.05, 0) is 45.2 Å². The fourth-order valence-corrected chi connectivity index (χ4v) is 2.34. The molecule has 1 unspecified atom stereocenters. The van der Waals surface area contributed by atoms with Crippen LogP contribution in [0.5, 0.6) is 17.2 Å². The second-order valence-corrected chi connectivity index (χ2v) is 5.49. The van der Waals surface area contributed by atoms with Crippen LogP contribution in [0, 0.1) is 0 Å². The van der Waals surface area contributed by atoms with Gasteiger partial charge in [0.25, 0.3) is 0 Å². The summed E-state index contributed by atoms with van der Waals surface area (Å²) in [7, 11) is 4.67. The number of hydrogen-bond donors (Lipinski definition) is 1. The van der Waals surface area contributed by atoms with Gasteiger partial charge >= 0.3 is 0 Å². The van der Waals surface area contributed by atoms with E-state index in [2.05, 4.69) is 19.9 Å². The van der Waals surface area contributed by atoms with Gasteiger partial charge in [-0.15, -0.1) is 0 Å². The maximum absolute atomic E-state index is 10.6. The summed E-state index contributed by atoms with van der Waals surface area (Å²) in [6, 6.07) is 3.51. The molecular weight excluding hydrogens is 296 g/mol. The minimum atomic E-state index is -0.697. The summed E-state index contributed by atoms with van der Waals surface area (Å²) in [5, 5.41) is 10.6. The van der Waals surface area contributed by atoms with Gasteiger partial charge in [-0.1, -0.05) is 11.6 Å². The van der Waals surface area contributed by atoms with Crippen molar-refractivity contribution in [2.45, 2.75) is 39.2 Å². The Kier molecular flexibility index (Phi) is 8.51. The number of allylic oxidation sites excluding steroid dienone is 2. The summed E-state index contributed by atoms with van der Waals surface area (Å²) in [6.07, 6.45) is 3.88.